The van der Waals surface area contributed by atoms with Gasteiger partial charge in [-0.1, -0.05) is 0 Å². The van der Waals surface area contributed by atoms with Gasteiger partial charge in [0.1, 0.15) is 0 Å². The van der Waals surface area contributed by atoms with Crippen LogP contribution in [0.3, 0.4) is 0 Å². The fourth-order valence-corrected chi connectivity index (χ4v) is 0.400. The Bertz CT molecular complexity index is 186. The number of nitrogens with zero attached hydrogens (tertiary/aromatic N) is 1. The molecule has 6 heteroatoms. The van der Waals surface area contributed by atoms with Crippen LogP contribution in [-0.2, 0) is 0 Å². The van der Waals surface area contributed by atoms with Crippen molar-refractivity contribution in [2.75, 3.05) is 0 Å². The molecular formula is C4H7Cl2N3O. The van der Waals surface area contributed by atoms with Crippen molar-refractivity contribution in [1.29, 1.82) is 0 Å². The van der Waals surface area contributed by atoms with E-state index in [-0.39, 0.29) is 30.6 Å². The molecule has 0 aliphatic rings. The molecule has 4 nitrogen and oxygen atoms in total. The number of primary amides is 1. The number of halogens is 2. The fourth-order valence-electron chi connectivity index (χ4n) is 0.400. The maximum atomic E-state index is 10.2. The standard InChI is InChI=1S/C4H5N3O.2ClH/c5-3(8)4-6-1-2-7-4;;/h1-2H,(H2,5,8)(H,6,7);2*1H. The number of imidazole rings is 1. The van der Waals surface area contributed by atoms with Crippen molar-refractivity contribution in [2.24, 2.45) is 5.73 Å². The second-order valence-corrected chi connectivity index (χ2v) is 1.30. The Kier molecular flexibility index (Phi) is 6.09. The lowest BCUT2D eigenvalue weighted by Gasteiger charge is -1.80. The number of rotatable bonds is 1. The van der Waals surface area contributed by atoms with Gasteiger partial charge in [-0.05, 0) is 0 Å². The normalized spacial score (nSPS) is 7.20. The molecule has 0 aliphatic carbocycles. The van der Waals surface area contributed by atoms with Crippen LogP contribution in [0, 0.1) is 0 Å². The topological polar surface area (TPSA) is 71.8 Å². The van der Waals surface area contributed by atoms with Crippen molar-refractivity contribution in [3.05, 3.63) is 18.2 Å². The lowest BCUT2D eigenvalue weighted by molar-refractivity contribution is 0.0991. The molecule has 0 radical (unpaired) electrons. The quantitative estimate of drug-likeness (QED) is 0.660. The van der Waals surface area contributed by atoms with Gasteiger partial charge in [0.2, 0.25) is 0 Å². The van der Waals surface area contributed by atoms with Gasteiger partial charge in [0.25, 0.3) is 5.91 Å². The Morgan fingerprint density at radius 3 is 2.40 bits per heavy atom. The first kappa shape index (κ1) is 12.0. The molecule has 0 saturated heterocycles. The summed E-state index contributed by atoms with van der Waals surface area (Å²) >= 11 is 0. The van der Waals surface area contributed by atoms with E-state index >= 15 is 0 Å². The smallest absolute Gasteiger partial charge is 0.284 e. The van der Waals surface area contributed by atoms with E-state index in [1.54, 1.807) is 6.20 Å². The van der Waals surface area contributed by atoms with Crippen molar-refractivity contribution in [3.8, 4) is 0 Å². The number of hydrogen-bond donors (Lipinski definition) is 2. The maximum Gasteiger partial charge on any atom is 0.284 e. The molecule has 0 bridgehead atoms. The zero-order valence-corrected chi connectivity index (χ0v) is 6.54. The Morgan fingerprint density at radius 1 is 1.60 bits per heavy atom. The number of H-pyrrole nitrogens is 1. The van der Waals surface area contributed by atoms with Crippen LogP contribution in [0.15, 0.2) is 12.4 Å². The molecule has 0 unspecified atom stereocenters. The summed E-state index contributed by atoms with van der Waals surface area (Å²) in [5, 5.41) is 0. The molecular weight excluding hydrogens is 177 g/mol. The van der Waals surface area contributed by atoms with Crippen molar-refractivity contribution >= 4 is 30.7 Å². The predicted molar refractivity (Wildman–Crippen MR) is 41.6 cm³/mol. The average molecular weight is 184 g/mol. The molecule has 0 atom stereocenters. The molecule has 10 heavy (non-hydrogen) atoms. The van der Waals surface area contributed by atoms with Gasteiger partial charge in [-0.25, -0.2) is 4.98 Å². The number of aromatic amines is 1. The van der Waals surface area contributed by atoms with Gasteiger partial charge in [-0.3, -0.25) is 4.79 Å². The van der Waals surface area contributed by atoms with Gasteiger partial charge >= 0.3 is 0 Å². The van der Waals surface area contributed by atoms with E-state index in [1.807, 2.05) is 0 Å². The van der Waals surface area contributed by atoms with E-state index in [1.165, 1.54) is 6.20 Å². The largest absolute Gasteiger partial charge is 0.363 e. The summed E-state index contributed by atoms with van der Waals surface area (Å²) in [5.74, 6) is -0.333. The summed E-state index contributed by atoms with van der Waals surface area (Å²) in [4.78, 5) is 16.3. The Balaban J connectivity index is 0. The molecule has 0 saturated carbocycles. The second kappa shape index (κ2) is 5.08. The Hall–Kier alpha value is -0.740. The first-order valence-corrected chi connectivity index (χ1v) is 2.10. The van der Waals surface area contributed by atoms with Crippen LogP contribution < -0.4 is 5.73 Å². The zero-order valence-electron chi connectivity index (χ0n) is 4.90. The molecule has 1 rings (SSSR count). The minimum atomic E-state index is -0.532. The molecule has 0 fully saturated rings. The average Bonchev–Trinajstić information content (AvgIpc) is 2.12. The van der Waals surface area contributed by atoms with Gasteiger partial charge in [-0.2, -0.15) is 0 Å². The molecule has 0 aromatic carbocycles. The summed E-state index contributed by atoms with van der Waals surface area (Å²) in [6.45, 7) is 0. The van der Waals surface area contributed by atoms with Crippen LogP contribution in [-0.4, -0.2) is 15.9 Å². The first-order valence-electron chi connectivity index (χ1n) is 2.10. The monoisotopic (exact) mass is 183 g/mol. The minimum Gasteiger partial charge on any atom is -0.363 e. The summed E-state index contributed by atoms with van der Waals surface area (Å²) in [7, 11) is 0. The van der Waals surface area contributed by atoms with E-state index in [2.05, 4.69) is 9.97 Å². The highest BCUT2D eigenvalue weighted by Gasteiger charge is 1.97. The third kappa shape index (κ3) is 2.70. The fraction of sp³-hybridized carbons (Fsp3) is 0. The highest BCUT2D eigenvalue weighted by atomic mass is 35.5. The van der Waals surface area contributed by atoms with Crippen LogP contribution in [0.2, 0.25) is 0 Å². The van der Waals surface area contributed by atoms with E-state index in [4.69, 9.17) is 5.73 Å². The third-order valence-electron chi connectivity index (χ3n) is 0.732. The van der Waals surface area contributed by atoms with Crippen LogP contribution in [0.5, 0.6) is 0 Å². The predicted octanol–water partition coefficient (Wildman–Crippen LogP) is 0.352. The van der Waals surface area contributed by atoms with E-state index in [9.17, 15) is 4.79 Å². The van der Waals surface area contributed by atoms with E-state index < -0.39 is 5.91 Å². The third-order valence-corrected chi connectivity index (χ3v) is 0.732. The van der Waals surface area contributed by atoms with Crippen molar-refractivity contribution < 1.29 is 4.79 Å². The van der Waals surface area contributed by atoms with Gasteiger partial charge < -0.3 is 10.7 Å². The number of nitrogens with one attached hydrogen (secondary N) is 1. The molecule has 1 heterocycles. The lowest BCUT2D eigenvalue weighted by Crippen LogP contribution is -2.12. The molecule has 0 aliphatic heterocycles. The molecule has 1 aromatic rings. The SMILES string of the molecule is Cl.Cl.NC(=O)c1ncc[nH]1. The first-order chi connectivity index (χ1) is 3.80. The van der Waals surface area contributed by atoms with Gasteiger partial charge in [0, 0.05) is 12.4 Å². The summed E-state index contributed by atoms with van der Waals surface area (Å²) < 4.78 is 0. The van der Waals surface area contributed by atoms with Crippen LogP contribution in [0.25, 0.3) is 0 Å². The van der Waals surface area contributed by atoms with Crippen LogP contribution in [0.4, 0.5) is 0 Å². The van der Waals surface area contributed by atoms with Crippen molar-refractivity contribution in [3.63, 3.8) is 0 Å². The van der Waals surface area contributed by atoms with Crippen molar-refractivity contribution in [2.45, 2.75) is 0 Å². The molecule has 0 spiro atoms. The van der Waals surface area contributed by atoms with Crippen LogP contribution >= 0.6 is 24.8 Å². The molecule has 58 valence electrons. The number of carbonyl (C=O) groups excluding carboxylic acids is 1. The number of hydrogen-bond acceptors (Lipinski definition) is 2. The summed E-state index contributed by atoms with van der Waals surface area (Å²) in [6.07, 6.45) is 3.01. The molecule has 3 N–H and O–H groups in total. The van der Waals surface area contributed by atoms with Crippen molar-refractivity contribution in [1.82, 2.24) is 9.97 Å². The number of amides is 1. The summed E-state index contributed by atoms with van der Waals surface area (Å²) in [6, 6.07) is 0. The number of aromatic nitrogens is 2. The second-order valence-electron chi connectivity index (χ2n) is 1.30. The van der Waals surface area contributed by atoms with Crippen LogP contribution in [0.1, 0.15) is 10.6 Å². The minimum absolute atomic E-state index is 0. The van der Waals surface area contributed by atoms with Gasteiger partial charge in [0.05, 0.1) is 0 Å². The zero-order chi connectivity index (χ0) is 5.98. The van der Waals surface area contributed by atoms with Gasteiger partial charge in [0.15, 0.2) is 5.82 Å². The lowest BCUT2D eigenvalue weighted by atomic mass is 10.6. The molecule has 1 amide bonds. The highest BCUT2D eigenvalue weighted by molar-refractivity contribution is 5.88. The van der Waals surface area contributed by atoms with E-state index in [0.717, 1.165) is 0 Å². The molecule has 1 aromatic heterocycles. The Morgan fingerprint density at radius 2 is 2.20 bits per heavy atom. The number of nitrogens with two attached hydrogens (primary N) is 1. The highest BCUT2D eigenvalue weighted by Crippen LogP contribution is 1.82. The maximum absolute atomic E-state index is 10.2. The Labute approximate surface area is 70.0 Å². The van der Waals surface area contributed by atoms with E-state index in [0.29, 0.717) is 0 Å². The number of carbonyl (C=O) groups is 1. The summed E-state index contributed by atoms with van der Waals surface area (Å²) in [5.41, 5.74) is 4.83. The van der Waals surface area contributed by atoms with Gasteiger partial charge in [-0.15, -0.1) is 24.8 Å².